The van der Waals surface area contributed by atoms with Gasteiger partial charge in [0.25, 0.3) is 0 Å². The number of nitrogens with two attached hydrogens (primary N) is 1. The van der Waals surface area contributed by atoms with E-state index in [1.165, 1.54) is 11.6 Å². The second-order valence-corrected chi connectivity index (χ2v) is 5.51. The minimum Gasteiger partial charge on any atom is -0.325 e. The molecule has 90 valence electrons. The Kier molecular flexibility index (Phi) is 3.60. The Morgan fingerprint density at radius 1 is 1.24 bits per heavy atom. The molecule has 1 atom stereocenters. The SMILES string of the molecule is CC(N)(Cc1ccsc1)Cc1ccccc1F. The first-order chi connectivity index (χ1) is 8.07. The first-order valence-corrected chi connectivity index (χ1v) is 6.54. The Balaban J connectivity index is 2.09. The number of hydrogen-bond donors (Lipinski definition) is 1. The summed E-state index contributed by atoms with van der Waals surface area (Å²) in [6.07, 6.45) is 1.32. The second-order valence-electron chi connectivity index (χ2n) is 4.73. The number of benzene rings is 1. The summed E-state index contributed by atoms with van der Waals surface area (Å²) in [5, 5.41) is 4.13. The van der Waals surface area contributed by atoms with E-state index in [9.17, 15) is 4.39 Å². The molecular formula is C14H16FNS. The van der Waals surface area contributed by atoms with Gasteiger partial charge in [0.05, 0.1) is 0 Å². The molecular weight excluding hydrogens is 233 g/mol. The maximum Gasteiger partial charge on any atom is 0.126 e. The quantitative estimate of drug-likeness (QED) is 0.883. The second kappa shape index (κ2) is 4.98. The van der Waals surface area contributed by atoms with Gasteiger partial charge in [-0.15, -0.1) is 0 Å². The molecule has 0 spiro atoms. The van der Waals surface area contributed by atoms with Crippen molar-refractivity contribution in [2.75, 3.05) is 0 Å². The first-order valence-electron chi connectivity index (χ1n) is 5.60. The molecule has 1 aromatic heterocycles. The van der Waals surface area contributed by atoms with E-state index in [0.717, 1.165) is 6.42 Å². The minimum atomic E-state index is -0.413. The fourth-order valence-electron chi connectivity index (χ4n) is 2.00. The molecule has 0 radical (unpaired) electrons. The third-order valence-corrected chi connectivity index (χ3v) is 3.47. The maximum atomic E-state index is 13.5. The van der Waals surface area contributed by atoms with Crippen LogP contribution in [0.2, 0.25) is 0 Å². The van der Waals surface area contributed by atoms with E-state index in [4.69, 9.17) is 5.73 Å². The van der Waals surface area contributed by atoms with Crippen LogP contribution in [0.25, 0.3) is 0 Å². The van der Waals surface area contributed by atoms with Gasteiger partial charge in [0.15, 0.2) is 0 Å². The topological polar surface area (TPSA) is 26.0 Å². The lowest BCUT2D eigenvalue weighted by Gasteiger charge is -2.24. The van der Waals surface area contributed by atoms with Gasteiger partial charge in [-0.05, 0) is 53.8 Å². The highest BCUT2D eigenvalue weighted by Gasteiger charge is 2.21. The van der Waals surface area contributed by atoms with Gasteiger partial charge in [0, 0.05) is 5.54 Å². The average Bonchev–Trinajstić information content (AvgIpc) is 2.73. The molecule has 0 aliphatic rings. The molecule has 0 aliphatic carbocycles. The van der Waals surface area contributed by atoms with Crippen LogP contribution in [0.3, 0.4) is 0 Å². The molecule has 3 heteroatoms. The van der Waals surface area contributed by atoms with Crippen LogP contribution >= 0.6 is 11.3 Å². The van der Waals surface area contributed by atoms with Gasteiger partial charge >= 0.3 is 0 Å². The van der Waals surface area contributed by atoms with E-state index in [2.05, 4.69) is 11.4 Å². The van der Waals surface area contributed by atoms with Crippen LogP contribution in [0.1, 0.15) is 18.1 Å². The van der Waals surface area contributed by atoms with Crippen LogP contribution in [0.5, 0.6) is 0 Å². The van der Waals surface area contributed by atoms with Crippen LogP contribution in [0.15, 0.2) is 41.1 Å². The normalized spacial score (nSPS) is 14.5. The van der Waals surface area contributed by atoms with Gasteiger partial charge in [0.1, 0.15) is 5.82 Å². The van der Waals surface area contributed by atoms with Crippen LogP contribution < -0.4 is 5.73 Å². The van der Waals surface area contributed by atoms with Gasteiger partial charge in [0.2, 0.25) is 0 Å². The molecule has 1 heterocycles. The van der Waals surface area contributed by atoms with Crippen molar-refractivity contribution in [2.24, 2.45) is 5.73 Å². The standard InChI is InChI=1S/C14H16FNS/c1-14(16,8-11-6-7-17-10-11)9-12-4-2-3-5-13(12)15/h2-7,10H,8-9,16H2,1H3. The third kappa shape index (κ3) is 3.38. The molecule has 1 aromatic carbocycles. The smallest absolute Gasteiger partial charge is 0.126 e. The minimum absolute atomic E-state index is 0.172. The highest BCUT2D eigenvalue weighted by atomic mass is 32.1. The predicted octanol–water partition coefficient (Wildman–Crippen LogP) is 3.39. The largest absolute Gasteiger partial charge is 0.325 e. The Morgan fingerprint density at radius 3 is 2.65 bits per heavy atom. The van der Waals surface area contributed by atoms with Crippen LogP contribution in [0.4, 0.5) is 4.39 Å². The van der Waals surface area contributed by atoms with E-state index >= 15 is 0 Å². The fourth-order valence-corrected chi connectivity index (χ4v) is 2.67. The van der Waals surface area contributed by atoms with E-state index in [-0.39, 0.29) is 5.82 Å². The Morgan fingerprint density at radius 2 is 2.00 bits per heavy atom. The lowest BCUT2D eigenvalue weighted by Crippen LogP contribution is -2.41. The van der Waals surface area contributed by atoms with Crippen LogP contribution in [0, 0.1) is 5.82 Å². The average molecular weight is 249 g/mol. The van der Waals surface area contributed by atoms with Gasteiger partial charge in [-0.2, -0.15) is 11.3 Å². The number of rotatable bonds is 4. The molecule has 2 aromatic rings. The molecule has 0 bridgehead atoms. The third-order valence-electron chi connectivity index (χ3n) is 2.74. The zero-order valence-corrected chi connectivity index (χ0v) is 10.6. The van der Waals surface area contributed by atoms with Crippen molar-refractivity contribution in [1.82, 2.24) is 0 Å². The van der Waals surface area contributed by atoms with E-state index in [1.54, 1.807) is 23.5 Å². The molecule has 0 saturated carbocycles. The summed E-state index contributed by atoms with van der Waals surface area (Å²) in [5.41, 5.74) is 7.74. The van der Waals surface area contributed by atoms with Crippen LogP contribution in [-0.4, -0.2) is 5.54 Å². The van der Waals surface area contributed by atoms with Crippen LogP contribution in [-0.2, 0) is 12.8 Å². The molecule has 2 N–H and O–H groups in total. The lowest BCUT2D eigenvalue weighted by molar-refractivity contribution is 0.451. The Bertz CT molecular complexity index is 477. The van der Waals surface area contributed by atoms with Gasteiger partial charge < -0.3 is 5.73 Å². The summed E-state index contributed by atoms with van der Waals surface area (Å²) < 4.78 is 13.5. The van der Waals surface area contributed by atoms with Crippen molar-refractivity contribution in [1.29, 1.82) is 0 Å². The molecule has 0 saturated heterocycles. The molecule has 1 unspecified atom stereocenters. The summed E-state index contributed by atoms with van der Waals surface area (Å²) in [5.74, 6) is -0.172. The maximum absolute atomic E-state index is 13.5. The molecule has 0 aliphatic heterocycles. The monoisotopic (exact) mass is 249 g/mol. The van der Waals surface area contributed by atoms with Crippen molar-refractivity contribution >= 4 is 11.3 Å². The van der Waals surface area contributed by atoms with Crippen molar-refractivity contribution in [3.05, 3.63) is 58.0 Å². The summed E-state index contributed by atoms with van der Waals surface area (Å²) >= 11 is 1.66. The molecule has 0 amide bonds. The summed E-state index contributed by atoms with van der Waals surface area (Å²) in [7, 11) is 0. The first kappa shape index (κ1) is 12.3. The van der Waals surface area contributed by atoms with Gasteiger partial charge in [-0.3, -0.25) is 0 Å². The van der Waals surface area contributed by atoms with E-state index in [1.807, 2.05) is 18.4 Å². The summed E-state index contributed by atoms with van der Waals surface area (Å²) in [6, 6.07) is 8.89. The summed E-state index contributed by atoms with van der Waals surface area (Å²) in [6.45, 7) is 1.97. The van der Waals surface area contributed by atoms with Crippen molar-refractivity contribution < 1.29 is 4.39 Å². The Hall–Kier alpha value is -1.19. The zero-order valence-electron chi connectivity index (χ0n) is 9.82. The molecule has 2 rings (SSSR count). The number of halogens is 1. The lowest BCUT2D eigenvalue weighted by atomic mass is 9.88. The van der Waals surface area contributed by atoms with Gasteiger partial charge in [-0.1, -0.05) is 18.2 Å². The van der Waals surface area contributed by atoms with Gasteiger partial charge in [-0.25, -0.2) is 4.39 Å². The Labute approximate surface area is 105 Å². The number of hydrogen-bond acceptors (Lipinski definition) is 2. The van der Waals surface area contributed by atoms with E-state index < -0.39 is 5.54 Å². The molecule has 0 fully saturated rings. The van der Waals surface area contributed by atoms with Crippen molar-refractivity contribution in [2.45, 2.75) is 25.3 Å². The zero-order chi connectivity index (χ0) is 12.3. The van der Waals surface area contributed by atoms with Crippen molar-refractivity contribution in [3.8, 4) is 0 Å². The van der Waals surface area contributed by atoms with Crippen molar-refractivity contribution in [3.63, 3.8) is 0 Å². The predicted molar refractivity (Wildman–Crippen MR) is 70.7 cm³/mol. The molecule has 1 nitrogen and oxygen atoms in total. The fraction of sp³-hybridized carbons (Fsp3) is 0.286. The van der Waals surface area contributed by atoms with E-state index in [0.29, 0.717) is 12.0 Å². The summed E-state index contributed by atoms with van der Waals surface area (Å²) in [4.78, 5) is 0. The highest BCUT2D eigenvalue weighted by Crippen LogP contribution is 2.19. The highest BCUT2D eigenvalue weighted by molar-refractivity contribution is 7.07. The number of thiophene rings is 1. The molecule has 17 heavy (non-hydrogen) atoms.